The molecule has 0 amide bonds. The summed E-state index contributed by atoms with van der Waals surface area (Å²) < 4.78 is 0. The predicted octanol–water partition coefficient (Wildman–Crippen LogP) is 3.01. The molecule has 0 aliphatic carbocycles. The van der Waals surface area contributed by atoms with E-state index in [9.17, 15) is 0 Å². The first-order valence-corrected chi connectivity index (χ1v) is 6.18. The molecule has 18 heavy (non-hydrogen) atoms. The molecular weight excluding hydrogens is 224 g/mol. The summed E-state index contributed by atoms with van der Waals surface area (Å²) in [7, 11) is 0. The van der Waals surface area contributed by atoms with E-state index in [1.807, 2.05) is 0 Å². The number of rotatable bonds is 0. The van der Waals surface area contributed by atoms with Gasteiger partial charge in [0.25, 0.3) is 0 Å². The summed E-state index contributed by atoms with van der Waals surface area (Å²) in [5, 5.41) is 0. The van der Waals surface area contributed by atoms with Gasteiger partial charge in [0.05, 0.1) is 11.9 Å². The summed E-state index contributed by atoms with van der Waals surface area (Å²) in [5.41, 5.74) is 2.53. The van der Waals surface area contributed by atoms with Crippen LogP contribution in [0.4, 0.5) is 0 Å². The van der Waals surface area contributed by atoms with Gasteiger partial charge >= 0.3 is 0 Å². The first-order valence-electron chi connectivity index (χ1n) is 6.18. The summed E-state index contributed by atoms with van der Waals surface area (Å²) in [6, 6.07) is 0. The highest BCUT2D eigenvalue weighted by atomic mass is 15.0. The second-order valence-electron chi connectivity index (χ2n) is 6.65. The summed E-state index contributed by atoms with van der Waals surface area (Å²) in [4.78, 5) is 17.7. The van der Waals surface area contributed by atoms with Crippen LogP contribution < -0.4 is 0 Å². The largest absolute Gasteiger partial charge is 0.239 e. The molecule has 4 nitrogen and oxygen atoms in total. The maximum atomic E-state index is 4.68. The van der Waals surface area contributed by atoms with Gasteiger partial charge in [-0.25, -0.2) is 19.9 Å². The summed E-state index contributed by atoms with van der Waals surface area (Å²) >= 11 is 0. The van der Waals surface area contributed by atoms with Crippen molar-refractivity contribution in [3.63, 3.8) is 0 Å². The van der Waals surface area contributed by atoms with Gasteiger partial charge in [-0.05, 0) is 0 Å². The van der Waals surface area contributed by atoms with Crippen molar-refractivity contribution in [2.45, 2.75) is 52.4 Å². The van der Waals surface area contributed by atoms with Gasteiger partial charge in [0.2, 0.25) is 0 Å². The SMILES string of the molecule is CC(C)(C)c1ncc2ncnc(C(C)(C)C)c2n1. The van der Waals surface area contributed by atoms with E-state index in [1.165, 1.54) is 0 Å². The third kappa shape index (κ3) is 2.33. The predicted molar refractivity (Wildman–Crippen MR) is 72.5 cm³/mol. The van der Waals surface area contributed by atoms with Crippen molar-refractivity contribution in [2.75, 3.05) is 0 Å². The van der Waals surface area contributed by atoms with Crippen molar-refractivity contribution < 1.29 is 0 Å². The first kappa shape index (κ1) is 12.9. The fourth-order valence-electron chi connectivity index (χ4n) is 1.76. The Labute approximate surface area is 108 Å². The Balaban J connectivity index is 2.74. The third-order valence-electron chi connectivity index (χ3n) is 2.76. The number of hydrogen-bond acceptors (Lipinski definition) is 4. The molecule has 0 radical (unpaired) electrons. The van der Waals surface area contributed by atoms with Gasteiger partial charge in [-0.2, -0.15) is 0 Å². The Bertz CT molecular complexity index is 576. The quantitative estimate of drug-likeness (QED) is 0.714. The zero-order chi connectivity index (χ0) is 13.6. The smallest absolute Gasteiger partial charge is 0.134 e. The van der Waals surface area contributed by atoms with Crippen molar-refractivity contribution in [3.8, 4) is 0 Å². The number of nitrogens with zero attached hydrogens (tertiary/aromatic N) is 4. The van der Waals surface area contributed by atoms with E-state index in [0.717, 1.165) is 22.6 Å². The standard InChI is InChI=1S/C14H20N4/c1-13(2,3)11-10-9(16-8-17-11)7-15-12(18-10)14(4,5)6/h7-8H,1-6H3. The zero-order valence-corrected chi connectivity index (χ0v) is 11.9. The molecule has 0 atom stereocenters. The average molecular weight is 244 g/mol. The van der Waals surface area contributed by atoms with Crippen LogP contribution in [-0.2, 0) is 10.8 Å². The van der Waals surface area contributed by atoms with Gasteiger partial charge in [0.1, 0.15) is 23.2 Å². The molecule has 2 heterocycles. The molecule has 0 saturated heterocycles. The van der Waals surface area contributed by atoms with Gasteiger partial charge in [0, 0.05) is 10.8 Å². The van der Waals surface area contributed by atoms with Crippen LogP contribution in [0.2, 0.25) is 0 Å². The normalized spacial score (nSPS) is 13.0. The highest BCUT2D eigenvalue weighted by Crippen LogP contribution is 2.27. The molecule has 96 valence electrons. The zero-order valence-electron chi connectivity index (χ0n) is 11.9. The van der Waals surface area contributed by atoms with Crippen LogP contribution in [0.25, 0.3) is 11.0 Å². The van der Waals surface area contributed by atoms with E-state index in [1.54, 1.807) is 12.5 Å². The van der Waals surface area contributed by atoms with Crippen LogP contribution in [0, 0.1) is 0 Å². The van der Waals surface area contributed by atoms with Crippen LogP contribution in [-0.4, -0.2) is 19.9 Å². The highest BCUT2D eigenvalue weighted by molar-refractivity contribution is 5.76. The Morgan fingerprint density at radius 2 is 1.50 bits per heavy atom. The highest BCUT2D eigenvalue weighted by Gasteiger charge is 2.23. The minimum atomic E-state index is -0.0703. The van der Waals surface area contributed by atoms with E-state index < -0.39 is 0 Å². The summed E-state index contributed by atoms with van der Waals surface area (Å²) in [6.07, 6.45) is 3.38. The molecular formula is C14H20N4. The van der Waals surface area contributed by atoms with Gasteiger partial charge in [-0.1, -0.05) is 41.5 Å². The molecule has 0 aromatic carbocycles. The molecule has 2 aromatic heterocycles. The molecule has 0 bridgehead atoms. The monoisotopic (exact) mass is 244 g/mol. The van der Waals surface area contributed by atoms with Crippen LogP contribution >= 0.6 is 0 Å². The van der Waals surface area contributed by atoms with Crippen molar-refractivity contribution in [3.05, 3.63) is 24.0 Å². The van der Waals surface area contributed by atoms with Gasteiger partial charge < -0.3 is 0 Å². The Hall–Kier alpha value is -1.58. The molecule has 0 fully saturated rings. The molecule has 0 spiro atoms. The minimum Gasteiger partial charge on any atom is -0.239 e. The maximum absolute atomic E-state index is 4.68. The van der Waals surface area contributed by atoms with E-state index in [4.69, 9.17) is 0 Å². The third-order valence-corrected chi connectivity index (χ3v) is 2.76. The van der Waals surface area contributed by atoms with Crippen LogP contribution in [0.1, 0.15) is 53.1 Å². The van der Waals surface area contributed by atoms with Crippen molar-refractivity contribution in [1.82, 2.24) is 19.9 Å². The van der Waals surface area contributed by atoms with Crippen molar-refractivity contribution in [1.29, 1.82) is 0 Å². The van der Waals surface area contributed by atoms with E-state index in [2.05, 4.69) is 61.5 Å². The van der Waals surface area contributed by atoms with Crippen LogP contribution in [0.5, 0.6) is 0 Å². The van der Waals surface area contributed by atoms with Crippen LogP contribution in [0.3, 0.4) is 0 Å². The lowest BCUT2D eigenvalue weighted by molar-refractivity contribution is 0.543. The lowest BCUT2D eigenvalue weighted by Gasteiger charge is -2.21. The average Bonchev–Trinajstić information content (AvgIpc) is 2.25. The first-order chi connectivity index (χ1) is 8.19. The number of aromatic nitrogens is 4. The molecule has 0 saturated carbocycles. The van der Waals surface area contributed by atoms with Gasteiger partial charge in [0.15, 0.2) is 0 Å². The molecule has 2 aromatic rings. The minimum absolute atomic E-state index is 0.0509. The van der Waals surface area contributed by atoms with Gasteiger partial charge in [-0.3, -0.25) is 0 Å². The van der Waals surface area contributed by atoms with E-state index >= 15 is 0 Å². The van der Waals surface area contributed by atoms with Crippen LogP contribution in [0.15, 0.2) is 12.5 Å². The molecule has 0 aliphatic rings. The molecule has 0 unspecified atom stereocenters. The molecule has 0 N–H and O–H groups in total. The summed E-state index contributed by atoms with van der Waals surface area (Å²) in [5.74, 6) is 0.829. The Morgan fingerprint density at radius 1 is 0.833 bits per heavy atom. The second kappa shape index (κ2) is 3.97. The van der Waals surface area contributed by atoms with E-state index in [-0.39, 0.29) is 10.8 Å². The second-order valence-corrected chi connectivity index (χ2v) is 6.65. The molecule has 4 heteroatoms. The van der Waals surface area contributed by atoms with Crippen molar-refractivity contribution >= 4 is 11.0 Å². The number of fused-ring (bicyclic) bond motifs is 1. The lowest BCUT2D eigenvalue weighted by Crippen LogP contribution is -2.19. The Kier molecular flexibility index (Phi) is 2.84. The Morgan fingerprint density at radius 3 is 2.06 bits per heavy atom. The number of hydrogen-bond donors (Lipinski definition) is 0. The fraction of sp³-hybridized carbons (Fsp3) is 0.571. The molecule has 2 rings (SSSR count). The topological polar surface area (TPSA) is 51.6 Å². The molecule has 0 aliphatic heterocycles. The fourth-order valence-corrected chi connectivity index (χ4v) is 1.76. The van der Waals surface area contributed by atoms with Gasteiger partial charge in [-0.15, -0.1) is 0 Å². The lowest BCUT2D eigenvalue weighted by atomic mass is 9.90. The van der Waals surface area contributed by atoms with E-state index in [0.29, 0.717) is 0 Å². The summed E-state index contributed by atoms with van der Waals surface area (Å²) in [6.45, 7) is 12.7. The maximum Gasteiger partial charge on any atom is 0.134 e. The van der Waals surface area contributed by atoms with Crippen molar-refractivity contribution in [2.24, 2.45) is 0 Å².